The third-order valence-electron chi connectivity index (χ3n) is 3.28. The molecule has 0 bridgehead atoms. The van der Waals surface area contributed by atoms with Gasteiger partial charge in [0.25, 0.3) is 5.91 Å². The molecule has 1 aliphatic carbocycles. The van der Waals surface area contributed by atoms with Gasteiger partial charge in [-0.3, -0.25) is 9.59 Å². The van der Waals surface area contributed by atoms with Crippen molar-refractivity contribution in [3.63, 3.8) is 0 Å². The van der Waals surface area contributed by atoms with E-state index in [1.807, 2.05) is 24.3 Å². The van der Waals surface area contributed by atoms with Gasteiger partial charge in [0, 0.05) is 6.04 Å². The third-order valence-corrected chi connectivity index (χ3v) is 3.28. The number of rotatable bonds is 7. The zero-order chi connectivity index (χ0) is 15.2. The van der Waals surface area contributed by atoms with Crippen LogP contribution >= 0.6 is 0 Å². The molecule has 0 atom stereocenters. The Kier molecular flexibility index (Phi) is 5.20. The van der Waals surface area contributed by atoms with Gasteiger partial charge in [-0.25, -0.2) is 0 Å². The second-order valence-electron chi connectivity index (χ2n) is 5.63. The molecule has 1 saturated carbocycles. The van der Waals surface area contributed by atoms with E-state index >= 15 is 0 Å². The zero-order valence-electron chi connectivity index (χ0n) is 12.5. The molecule has 1 aromatic rings. The van der Waals surface area contributed by atoms with Crippen LogP contribution in [0.2, 0.25) is 0 Å². The zero-order valence-corrected chi connectivity index (χ0v) is 12.5. The summed E-state index contributed by atoms with van der Waals surface area (Å²) >= 11 is 0. The lowest BCUT2D eigenvalue weighted by molar-refractivity contribution is -0.127. The third kappa shape index (κ3) is 5.45. The SMILES string of the molecule is CC(C)c1cccc(OCC(=O)NCC(=O)NC2CC2)c1. The summed E-state index contributed by atoms with van der Waals surface area (Å²) in [5.74, 6) is 0.635. The van der Waals surface area contributed by atoms with E-state index in [0.717, 1.165) is 18.4 Å². The number of ether oxygens (including phenoxy) is 1. The van der Waals surface area contributed by atoms with E-state index < -0.39 is 0 Å². The van der Waals surface area contributed by atoms with Crippen LogP contribution in [0, 0.1) is 0 Å². The standard InChI is InChI=1S/C16H22N2O3/c1-11(2)12-4-3-5-14(8-12)21-10-16(20)17-9-15(19)18-13-6-7-13/h3-5,8,11,13H,6-7,9-10H2,1-2H3,(H,17,20)(H,18,19). The van der Waals surface area contributed by atoms with Gasteiger partial charge in [0.05, 0.1) is 6.54 Å². The highest BCUT2D eigenvalue weighted by Gasteiger charge is 2.23. The quantitative estimate of drug-likeness (QED) is 0.801. The average molecular weight is 290 g/mol. The van der Waals surface area contributed by atoms with Crippen molar-refractivity contribution in [2.75, 3.05) is 13.2 Å². The molecule has 1 fully saturated rings. The average Bonchev–Trinajstić information content (AvgIpc) is 3.27. The van der Waals surface area contributed by atoms with Gasteiger partial charge in [0.1, 0.15) is 5.75 Å². The van der Waals surface area contributed by atoms with Crippen molar-refractivity contribution in [1.82, 2.24) is 10.6 Å². The van der Waals surface area contributed by atoms with Crippen LogP contribution in [0.25, 0.3) is 0 Å². The number of amides is 2. The lowest BCUT2D eigenvalue weighted by Crippen LogP contribution is -2.39. The highest BCUT2D eigenvalue weighted by Crippen LogP contribution is 2.20. The topological polar surface area (TPSA) is 67.4 Å². The Morgan fingerprint density at radius 1 is 1.29 bits per heavy atom. The molecular weight excluding hydrogens is 268 g/mol. The minimum Gasteiger partial charge on any atom is -0.484 e. The van der Waals surface area contributed by atoms with E-state index in [2.05, 4.69) is 24.5 Å². The van der Waals surface area contributed by atoms with Crippen molar-refractivity contribution in [2.45, 2.75) is 38.6 Å². The van der Waals surface area contributed by atoms with Crippen LogP contribution < -0.4 is 15.4 Å². The van der Waals surface area contributed by atoms with E-state index in [1.165, 1.54) is 0 Å². The number of hydrogen-bond acceptors (Lipinski definition) is 3. The maximum Gasteiger partial charge on any atom is 0.258 e. The Bertz CT molecular complexity index is 510. The molecule has 2 N–H and O–H groups in total. The van der Waals surface area contributed by atoms with Crippen molar-refractivity contribution in [3.05, 3.63) is 29.8 Å². The van der Waals surface area contributed by atoms with E-state index in [1.54, 1.807) is 0 Å². The summed E-state index contributed by atoms with van der Waals surface area (Å²) < 4.78 is 5.44. The number of nitrogens with one attached hydrogen (secondary N) is 2. The van der Waals surface area contributed by atoms with Crippen molar-refractivity contribution >= 4 is 11.8 Å². The molecule has 1 aliphatic rings. The number of hydrogen-bond donors (Lipinski definition) is 2. The second kappa shape index (κ2) is 7.11. The monoisotopic (exact) mass is 290 g/mol. The van der Waals surface area contributed by atoms with E-state index in [-0.39, 0.29) is 25.0 Å². The predicted molar refractivity (Wildman–Crippen MR) is 80.2 cm³/mol. The van der Waals surface area contributed by atoms with Gasteiger partial charge in [-0.2, -0.15) is 0 Å². The summed E-state index contributed by atoms with van der Waals surface area (Å²) in [5, 5.41) is 5.36. The van der Waals surface area contributed by atoms with Crippen LogP contribution in [-0.2, 0) is 9.59 Å². The lowest BCUT2D eigenvalue weighted by Gasteiger charge is -2.10. The number of benzene rings is 1. The van der Waals surface area contributed by atoms with E-state index in [0.29, 0.717) is 17.7 Å². The van der Waals surface area contributed by atoms with Gasteiger partial charge in [-0.1, -0.05) is 26.0 Å². The van der Waals surface area contributed by atoms with E-state index in [9.17, 15) is 9.59 Å². The molecule has 0 radical (unpaired) electrons. The van der Waals surface area contributed by atoms with Crippen LogP contribution in [0.15, 0.2) is 24.3 Å². The fourth-order valence-corrected chi connectivity index (χ4v) is 1.85. The molecule has 0 heterocycles. The molecule has 5 nitrogen and oxygen atoms in total. The molecule has 5 heteroatoms. The van der Waals surface area contributed by atoms with Crippen LogP contribution in [0.5, 0.6) is 5.75 Å². The maximum atomic E-state index is 11.6. The molecule has 0 aliphatic heterocycles. The first-order chi connectivity index (χ1) is 10.0. The van der Waals surface area contributed by atoms with Gasteiger partial charge in [0.2, 0.25) is 5.91 Å². The molecule has 0 saturated heterocycles. The van der Waals surface area contributed by atoms with Crippen molar-refractivity contribution in [2.24, 2.45) is 0 Å². The first-order valence-corrected chi connectivity index (χ1v) is 7.33. The first-order valence-electron chi connectivity index (χ1n) is 7.33. The second-order valence-corrected chi connectivity index (χ2v) is 5.63. The Balaban J connectivity index is 1.70. The fraction of sp³-hybridized carbons (Fsp3) is 0.500. The first kappa shape index (κ1) is 15.4. The minimum absolute atomic E-state index is 0.00469. The largest absolute Gasteiger partial charge is 0.484 e. The molecule has 0 unspecified atom stereocenters. The van der Waals surface area contributed by atoms with Gasteiger partial charge in [-0.15, -0.1) is 0 Å². The molecule has 2 rings (SSSR count). The Hall–Kier alpha value is -2.04. The van der Waals surface area contributed by atoms with Crippen LogP contribution in [0.1, 0.15) is 38.2 Å². The number of carbonyl (C=O) groups is 2. The fourth-order valence-electron chi connectivity index (χ4n) is 1.85. The molecule has 2 amide bonds. The molecule has 0 aromatic heterocycles. The van der Waals surface area contributed by atoms with E-state index in [4.69, 9.17) is 4.74 Å². The summed E-state index contributed by atoms with van der Waals surface area (Å²) in [7, 11) is 0. The Labute approximate surface area is 125 Å². The van der Waals surface area contributed by atoms with Crippen LogP contribution in [0.3, 0.4) is 0 Å². The highest BCUT2D eigenvalue weighted by molar-refractivity contribution is 5.85. The summed E-state index contributed by atoms with van der Waals surface area (Å²) in [6, 6.07) is 7.99. The molecule has 1 aromatic carbocycles. The maximum absolute atomic E-state index is 11.6. The van der Waals surface area contributed by atoms with Crippen LogP contribution in [0.4, 0.5) is 0 Å². The van der Waals surface area contributed by atoms with Crippen molar-refractivity contribution < 1.29 is 14.3 Å². The number of carbonyl (C=O) groups excluding carboxylic acids is 2. The predicted octanol–water partition coefficient (Wildman–Crippen LogP) is 1.58. The van der Waals surface area contributed by atoms with Gasteiger partial charge in [0.15, 0.2) is 6.61 Å². The summed E-state index contributed by atoms with van der Waals surface area (Å²) in [5.41, 5.74) is 1.16. The van der Waals surface area contributed by atoms with Crippen molar-refractivity contribution in [1.29, 1.82) is 0 Å². The van der Waals surface area contributed by atoms with Gasteiger partial charge < -0.3 is 15.4 Å². The Morgan fingerprint density at radius 3 is 2.71 bits per heavy atom. The molecule has 114 valence electrons. The molecule has 21 heavy (non-hydrogen) atoms. The summed E-state index contributed by atoms with van der Waals surface area (Å²) in [4.78, 5) is 23.1. The normalized spacial score (nSPS) is 13.9. The molecule has 0 spiro atoms. The highest BCUT2D eigenvalue weighted by atomic mass is 16.5. The van der Waals surface area contributed by atoms with Crippen molar-refractivity contribution in [3.8, 4) is 5.75 Å². The van der Waals surface area contributed by atoms with Gasteiger partial charge >= 0.3 is 0 Å². The Morgan fingerprint density at radius 2 is 2.05 bits per heavy atom. The van der Waals surface area contributed by atoms with Gasteiger partial charge in [-0.05, 0) is 36.5 Å². The minimum atomic E-state index is -0.295. The smallest absolute Gasteiger partial charge is 0.258 e. The summed E-state index contributed by atoms with van der Waals surface area (Å²) in [6.45, 7) is 4.12. The molecular formula is C16H22N2O3. The van der Waals surface area contributed by atoms with Crippen LogP contribution in [-0.4, -0.2) is 31.0 Å². The lowest BCUT2D eigenvalue weighted by atomic mass is 10.0. The summed E-state index contributed by atoms with van der Waals surface area (Å²) in [6.07, 6.45) is 2.07.